The van der Waals surface area contributed by atoms with Crippen LogP contribution in [0.3, 0.4) is 0 Å². The van der Waals surface area contributed by atoms with Crippen LogP contribution in [0.2, 0.25) is 0 Å². The smallest absolute Gasteiger partial charge is 0.237 e. The fourth-order valence-electron chi connectivity index (χ4n) is 2.73. The fourth-order valence-corrected chi connectivity index (χ4v) is 2.73. The molecule has 1 saturated heterocycles. The van der Waals surface area contributed by atoms with E-state index in [1.165, 1.54) is 38.9 Å². The Kier molecular flexibility index (Phi) is 11.1. The highest BCUT2D eigenvalue weighted by Gasteiger charge is 2.22. The second kappa shape index (κ2) is 11.3. The van der Waals surface area contributed by atoms with E-state index in [2.05, 4.69) is 31.0 Å². The number of rotatable bonds is 8. The summed E-state index contributed by atoms with van der Waals surface area (Å²) in [6.07, 6.45) is 4.61. The number of piperidine rings is 1. The SMILES string of the molecule is CCC(C)C(N)C(=O)NCC1CCN(CCC(C)C)CC1.Cl. The molecule has 22 heavy (non-hydrogen) atoms. The van der Waals surface area contributed by atoms with Gasteiger partial charge >= 0.3 is 0 Å². The highest BCUT2D eigenvalue weighted by Crippen LogP contribution is 2.17. The van der Waals surface area contributed by atoms with Gasteiger partial charge in [0.15, 0.2) is 0 Å². The van der Waals surface area contributed by atoms with Gasteiger partial charge in [-0.1, -0.05) is 34.1 Å². The molecule has 0 aromatic carbocycles. The number of carbonyl (C=O) groups excluding carboxylic acids is 1. The summed E-state index contributed by atoms with van der Waals surface area (Å²) in [6, 6.07) is -0.360. The summed E-state index contributed by atoms with van der Waals surface area (Å²) in [4.78, 5) is 14.5. The minimum atomic E-state index is -0.360. The van der Waals surface area contributed by atoms with E-state index in [-0.39, 0.29) is 30.3 Å². The summed E-state index contributed by atoms with van der Waals surface area (Å²) in [5.74, 6) is 1.67. The summed E-state index contributed by atoms with van der Waals surface area (Å²) in [5, 5.41) is 3.05. The van der Waals surface area contributed by atoms with Crippen molar-refractivity contribution in [2.45, 2.75) is 59.4 Å². The topological polar surface area (TPSA) is 58.4 Å². The Balaban J connectivity index is 0.00000441. The third kappa shape index (κ3) is 7.80. The molecule has 1 amide bonds. The van der Waals surface area contributed by atoms with E-state index in [4.69, 9.17) is 5.73 Å². The lowest BCUT2D eigenvalue weighted by atomic mass is 9.95. The van der Waals surface area contributed by atoms with Gasteiger partial charge in [-0.25, -0.2) is 0 Å². The first-order valence-corrected chi connectivity index (χ1v) is 8.69. The molecule has 0 aromatic rings. The Morgan fingerprint density at radius 2 is 1.86 bits per heavy atom. The highest BCUT2D eigenvalue weighted by molar-refractivity contribution is 5.85. The van der Waals surface area contributed by atoms with E-state index < -0.39 is 0 Å². The van der Waals surface area contributed by atoms with Crippen molar-refractivity contribution in [2.24, 2.45) is 23.5 Å². The summed E-state index contributed by atoms with van der Waals surface area (Å²) < 4.78 is 0. The minimum Gasteiger partial charge on any atom is -0.354 e. The van der Waals surface area contributed by atoms with Gasteiger partial charge in [-0.05, 0) is 56.7 Å². The molecule has 132 valence electrons. The number of carbonyl (C=O) groups is 1. The van der Waals surface area contributed by atoms with Gasteiger partial charge in [0.05, 0.1) is 6.04 Å². The van der Waals surface area contributed by atoms with E-state index in [9.17, 15) is 4.79 Å². The molecule has 1 aliphatic rings. The zero-order chi connectivity index (χ0) is 15.8. The lowest BCUT2D eigenvalue weighted by Crippen LogP contribution is -2.47. The molecule has 2 unspecified atom stereocenters. The van der Waals surface area contributed by atoms with Crippen molar-refractivity contribution in [3.05, 3.63) is 0 Å². The maximum atomic E-state index is 12.0. The second-order valence-electron chi connectivity index (χ2n) is 7.12. The van der Waals surface area contributed by atoms with Gasteiger partial charge in [-0.2, -0.15) is 0 Å². The molecule has 5 heteroatoms. The van der Waals surface area contributed by atoms with Gasteiger partial charge in [0.2, 0.25) is 5.91 Å². The second-order valence-corrected chi connectivity index (χ2v) is 7.12. The van der Waals surface area contributed by atoms with Gasteiger partial charge in [-0.15, -0.1) is 12.4 Å². The molecule has 4 nitrogen and oxygen atoms in total. The van der Waals surface area contributed by atoms with Gasteiger partial charge in [-0.3, -0.25) is 4.79 Å². The third-order valence-corrected chi connectivity index (χ3v) is 4.85. The van der Waals surface area contributed by atoms with Gasteiger partial charge in [0.1, 0.15) is 0 Å². The number of likely N-dealkylation sites (tertiary alicyclic amines) is 1. The lowest BCUT2D eigenvalue weighted by molar-refractivity contribution is -0.123. The molecule has 0 radical (unpaired) electrons. The Morgan fingerprint density at radius 3 is 2.36 bits per heavy atom. The summed E-state index contributed by atoms with van der Waals surface area (Å²) in [6.45, 7) is 13.0. The maximum absolute atomic E-state index is 12.0. The average molecular weight is 334 g/mol. The van der Waals surface area contributed by atoms with Crippen LogP contribution in [0.25, 0.3) is 0 Å². The molecule has 0 aliphatic carbocycles. The minimum absolute atomic E-state index is 0. The summed E-state index contributed by atoms with van der Waals surface area (Å²) >= 11 is 0. The van der Waals surface area contributed by atoms with Crippen LogP contribution in [-0.2, 0) is 4.79 Å². The largest absolute Gasteiger partial charge is 0.354 e. The molecule has 0 saturated carbocycles. The van der Waals surface area contributed by atoms with Crippen molar-refractivity contribution in [1.29, 1.82) is 0 Å². The first-order valence-electron chi connectivity index (χ1n) is 8.69. The number of halogens is 1. The van der Waals surface area contributed by atoms with E-state index in [1.807, 2.05) is 6.92 Å². The van der Waals surface area contributed by atoms with E-state index in [0.717, 1.165) is 18.9 Å². The lowest BCUT2D eigenvalue weighted by Gasteiger charge is -2.32. The number of hydrogen-bond acceptors (Lipinski definition) is 3. The van der Waals surface area contributed by atoms with Crippen LogP contribution in [0.5, 0.6) is 0 Å². The molecular weight excluding hydrogens is 298 g/mol. The van der Waals surface area contributed by atoms with Crippen LogP contribution in [0.1, 0.15) is 53.4 Å². The number of nitrogens with one attached hydrogen (secondary N) is 1. The Labute approximate surface area is 143 Å². The normalized spacial score (nSPS) is 19.5. The van der Waals surface area contributed by atoms with Gasteiger partial charge in [0, 0.05) is 6.54 Å². The number of hydrogen-bond donors (Lipinski definition) is 2. The molecule has 3 N–H and O–H groups in total. The Hall–Kier alpha value is -0.320. The molecule has 2 atom stereocenters. The highest BCUT2D eigenvalue weighted by atomic mass is 35.5. The van der Waals surface area contributed by atoms with Crippen LogP contribution >= 0.6 is 12.4 Å². The van der Waals surface area contributed by atoms with Gasteiger partial charge < -0.3 is 16.0 Å². The molecule has 0 spiro atoms. The average Bonchev–Trinajstić information content (AvgIpc) is 2.49. The first kappa shape index (κ1) is 21.7. The third-order valence-electron chi connectivity index (χ3n) is 4.85. The van der Waals surface area contributed by atoms with Crippen molar-refractivity contribution >= 4 is 18.3 Å². The molecule has 1 rings (SSSR count). The Morgan fingerprint density at radius 1 is 1.27 bits per heavy atom. The molecule has 1 aliphatic heterocycles. The monoisotopic (exact) mass is 333 g/mol. The van der Waals surface area contributed by atoms with Crippen LogP contribution in [0.15, 0.2) is 0 Å². The van der Waals surface area contributed by atoms with Crippen molar-refractivity contribution in [2.75, 3.05) is 26.2 Å². The zero-order valence-corrected chi connectivity index (χ0v) is 15.6. The number of nitrogens with zero attached hydrogens (tertiary/aromatic N) is 1. The standard InChI is InChI=1S/C17H35N3O.ClH/c1-5-14(4)16(18)17(21)19-12-15-7-10-20(11-8-15)9-6-13(2)3;/h13-16H,5-12,18H2,1-4H3,(H,19,21);1H. The first-order chi connectivity index (χ1) is 9.93. The van der Waals surface area contributed by atoms with Gasteiger partial charge in [0.25, 0.3) is 0 Å². The van der Waals surface area contributed by atoms with E-state index in [0.29, 0.717) is 5.92 Å². The van der Waals surface area contributed by atoms with Crippen LogP contribution in [0.4, 0.5) is 0 Å². The van der Waals surface area contributed by atoms with Crippen LogP contribution in [-0.4, -0.2) is 43.0 Å². The quantitative estimate of drug-likeness (QED) is 0.718. The molecule has 1 heterocycles. The van der Waals surface area contributed by atoms with Crippen molar-refractivity contribution in [1.82, 2.24) is 10.2 Å². The summed E-state index contributed by atoms with van der Waals surface area (Å²) in [5.41, 5.74) is 5.96. The maximum Gasteiger partial charge on any atom is 0.237 e. The predicted octanol–water partition coefficient (Wildman–Crippen LogP) is 2.66. The van der Waals surface area contributed by atoms with Crippen molar-refractivity contribution in [3.8, 4) is 0 Å². The predicted molar refractivity (Wildman–Crippen MR) is 96.3 cm³/mol. The van der Waals surface area contributed by atoms with Crippen molar-refractivity contribution in [3.63, 3.8) is 0 Å². The fraction of sp³-hybridized carbons (Fsp3) is 0.941. The van der Waals surface area contributed by atoms with Crippen molar-refractivity contribution < 1.29 is 4.79 Å². The Bertz CT molecular complexity index is 304. The van der Waals surface area contributed by atoms with Crippen LogP contribution < -0.4 is 11.1 Å². The molecular formula is C17H36ClN3O. The van der Waals surface area contributed by atoms with E-state index >= 15 is 0 Å². The molecule has 0 aromatic heterocycles. The zero-order valence-electron chi connectivity index (χ0n) is 14.8. The number of amides is 1. The van der Waals surface area contributed by atoms with Crippen LogP contribution in [0, 0.1) is 17.8 Å². The number of nitrogens with two attached hydrogens (primary N) is 1. The summed E-state index contributed by atoms with van der Waals surface area (Å²) in [7, 11) is 0. The van der Waals surface area contributed by atoms with E-state index in [1.54, 1.807) is 0 Å². The molecule has 1 fully saturated rings. The molecule has 0 bridgehead atoms.